The molecule has 0 bridgehead atoms. The van der Waals surface area contributed by atoms with Gasteiger partial charge in [-0.3, -0.25) is 4.79 Å². The van der Waals surface area contributed by atoms with Crippen LogP contribution >= 0.6 is 0 Å². The Morgan fingerprint density at radius 3 is 2.79 bits per heavy atom. The lowest BCUT2D eigenvalue weighted by molar-refractivity contribution is 0.0507. The third-order valence-corrected chi connectivity index (χ3v) is 1.54. The maximum atomic E-state index is 13.0. The van der Waals surface area contributed by atoms with Gasteiger partial charge in [0, 0.05) is 19.2 Å². The van der Waals surface area contributed by atoms with Gasteiger partial charge in [0.25, 0.3) is 0 Å². The average molecular weight is 200 g/mol. The van der Waals surface area contributed by atoms with E-state index >= 15 is 0 Å². The maximum absolute atomic E-state index is 13.0. The summed E-state index contributed by atoms with van der Waals surface area (Å²) in [5.41, 5.74) is -0.380. The van der Waals surface area contributed by atoms with E-state index in [1.807, 2.05) is 0 Å². The molecule has 0 unspecified atom stereocenters. The standard InChI is InChI=1S/C9H9FO4/c1-13-5-14-6-2-8(10)7(4-11)9(12)3-6/h2-4,12H,5H2,1H3. The summed E-state index contributed by atoms with van der Waals surface area (Å²) >= 11 is 0. The van der Waals surface area contributed by atoms with Crippen molar-refractivity contribution in [3.05, 3.63) is 23.5 Å². The van der Waals surface area contributed by atoms with Crippen LogP contribution in [0.15, 0.2) is 12.1 Å². The molecule has 14 heavy (non-hydrogen) atoms. The van der Waals surface area contributed by atoms with E-state index < -0.39 is 11.6 Å². The quantitative estimate of drug-likeness (QED) is 0.588. The third kappa shape index (κ3) is 2.20. The van der Waals surface area contributed by atoms with Crippen LogP contribution in [-0.2, 0) is 4.74 Å². The molecule has 0 aliphatic heterocycles. The van der Waals surface area contributed by atoms with Gasteiger partial charge in [0.15, 0.2) is 13.1 Å². The Morgan fingerprint density at radius 1 is 1.57 bits per heavy atom. The molecule has 0 atom stereocenters. The van der Waals surface area contributed by atoms with E-state index in [1.54, 1.807) is 0 Å². The van der Waals surface area contributed by atoms with E-state index in [0.29, 0.717) is 0 Å². The number of aromatic hydroxyl groups is 1. The zero-order valence-corrected chi connectivity index (χ0v) is 7.49. The second-order valence-corrected chi connectivity index (χ2v) is 2.51. The summed E-state index contributed by atoms with van der Waals surface area (Å²) in [7, 11) is 1.41. The van der Waals surface area contributed by atoms with Crippen LogP contribution in [0, 0.1) is 5.82 Å². The molecule has 0 amide bonds. The van der Waals surface area contributed by atoms with Crippen LogP contribution in [-0.4, -0.2) is 25.3 Å². The molecule has 0 spiro atoms. The first-order chi connectivity index (χ1) is 6.69. The predicted molar refractivity (Wildman–Crippen MR) is 46.0 cm³/mol. The first-order valence-corrected chi connectivity index (χ1v) is 3.78. The molecule has 0 aromatic heterocycles. The summed E-state index contributed by atoms with van der Waals surface area (Å²) < 4.78 is 22.5. The Hall–Kier alpha value is -1.62. The number of ether oxygens (including phenoxy) is 2. The van der Waals surface area contributed by atoms with Crippen LogP contribution in [0.2, 0.25) is 0 Å². The number of hydrogen-bond donors (Lipinski definition) is 1. The lowest BCUT2D eigenvalue weighted by atomic mass is 10.2. The highest BCUT2D eigenvalue weighted by molar-refractivity contribution is 5.79. The molecular weight excluding hydrogens is 191 g/mol. The van der Waals surface area contributed by atoms with E-state index in [1.165, 1.54) is 7.11 Å². The van der Waals surface area contributed by atoms with Crippen molar-refractivity contribution >= 4 is 6.29 Å². The zero-order valence-electron chi connectivity index (χ0n) is 7.49. The SMILES string of the molecule is COCOc1cc(O)c(C=O)c(F)c1. The number of phenols is 1. The fourth-order valence-corrected chi connectivity index (χ4v) is 0.906. The van der Waals surface area contributed by atoms with Gasteiger partial charge in [-0.25, -0.2) is 4.39 Å². The fraction of sp³-hybridized carbons (Fsp3) is 0.222. The summed E-state index contributed by atoms with van der Waals surface area (Å²) in [4.78, 5) is 10.3. The highest BCUT2D eigenvalue weighted by atomic mass is 19.1. The average Bonchev–Trinajstić information content (AvgIpc) is 2.14. The minimum absolute atomic E-state index is 0.0562. The van der Waals surface area contributed by atoms with Crippen molar-refractivity contribution in [2.24, 2.45) is 0 Å². The summed E-state index contributed by atoms with van der Waals surface area (Å²) in [6.45, 7) is -0.0562. The second-order valence-electron chi connectivity index (χ2n) is 2.51. The molecule has 0 saturated heterocycles. The number of benzene rings is 1. The number of aldehydes is 1. The number of phenolic OH excluding ortho intramolecular Hbond substituents is 1. The fourth-order valence-electron chi connectivity index (χ4n) is 0.906. The van der Waals surface area contributed by atoms with Gasteiger partial charge >= 0.3 is 0 Å². The van der Waals surface area contributed by atoms with Crippen molar-refractivity contribution in [3.63, 3.8) is 0 Å². The molecule has 5 heteroatoms. The van der Waals surface area contributed by atoms with Crippen LogP contribution in [0.5, 0.6) is 11.5 Å². The molecule has 0 saturated carbocycles. The third-order valence-electron chi connectivity index (χ3n) is 1.54. The van der Waals surface area contributed by atoms with Crippen molar-refractivity contribution in [1.82, 2.24) is 0 Å². The van der Waals surface area contributed by atoms with Crippen molar-refractivity contribution in [2.75, 3.05) is 13.9 Å². The predicted octanol–water partition coefficient (Wildman–Crippen LogP) is 1.33. The molecule has 0 aliphatic rings. The minimum Gasteiger partial charge on any atom is -0.507 e. The minimum atomic E-state index is -0.828. The Kier molecular flexibility index (Phi) is 3.41. The van der Waals surface area contributed by atoms with Crippen LogP contribution in [0.1, 0.15) is 10.4 Å². The molecule has 4 nitrogen and oxygen atoms in total. The van der Waals surface area contributed by atoms with Crippen molar-refractivity contribution in [2.45, 2.75) is 0 Å². The molecule has 1 aromatic carbocycles. The molecular formula is C9H9FO4. The molecule has 0 heterocycles. The van der Waals surface area contributed by atoms with Gasteiger partial charge in [0.05, 0.1) is 5.56 Å². The summed E-state index contributed by atoms with van der Waals surface area (Å²) in [6.07, 6.45) is 0.241. The van der Waals surface area contributed by atoms with Gasteiger partial charge in [-0.1, -0.05) is 0 Å². The van der Waals surface area contributed by atoms with Crippen molar-refractivity contribution < 1.29 is 23.8 Å². The smallest absolute Gasteiger partial charge is 0.188 e. The van der Waals surface area contributed by atoms with E-state index in [0.717, 1.165) is 12.1 Å². The largest absolute Gasteiger partial charge is 0.507 e. The number of hydrogen-bond acceptors (Lipinski definition) is 4. The normalized spacial score (nSPS) is 9.86. The van der Waals surface area contributed by atoms with Crippen molar-refractivity contribution in [1.29, 1.82) is 0 Å². The lowest BCUT2D eigenvalue weighted by Crippen LogP contribution is -2.00. The maximum Gasteiger partial charge on any atom is 0.188 e. The van der Waals surface area contributed by atoms with Gasteiger partial charge in [-0.15, -0.1) is 0 Å². The monoisotopic (exact) mass is 200 g/mol. The number of halogens is 1. The van der Waals surface area contributed by atoms with Crippen LogP contribution < -0.4 is 4.74 Å². The Labute approximate surface area is 79.9 Å². The zero-order chi connectivity index (χ0) is 10.6. The van der Waals surface area contributed by atoms with Gasteiger partial charge in [-0.05, 0) is 0 Å². The van der Waals surface area contributed by atoms with Crippen molar-refractivity contribution in [3.8, 4) is 11.5 Å². The summed E-state index contributed by atoms with van der Waals surface area (Å²) in [6, 6.07) is 2.15. The Bertz CT molecular complexity index is 315. The van der Waals surface area contributed by atoms with E-state index in [9.17, 15) is 14.3 Å². The molecule has 1 rings (SSSR count). The molecule has 76 valence electrons. The highest BCUT2D eigenvalue weighted by Crippen LogP contribution is 2.25. The molecule has 0 fully saturated rings. The highest BCUT2D eigenvalue weighted by Gasteiger charge is 2.09. The second kappa shape index (κ2) is 4.57. The van der Waals surface area contributed by atoms with E-state index in [2.05, 4.69) is 4.74 Å². The van der Waals surface area contributed by atoms with Gasteiger partial charge in [-0.2, -0.15) is 0 Å². The first-order valence-electron chi connectivity index (χ1n) is 3.78. The van der Waals surface area contributed by atoms with E-state index in [4.69, 9.17) is 4.74 Å². The van der Waals surface area contributed by atoms with Crippen LogP contribution in [0.4, 0.5) is 4.39 Å². The number of rotatable bonds is 4. The molecule has 1 N–H and O–H groups in total. The first kappa shape index (κ1) is 10.5. The van der Waals surface area contributed by atoms with Gasteiger partial charge in [0.1, 0.15) is 17.3 Å². The Balaban J connectivity index is 2.95. The number of carbonyl (C=O) groups is 1. The van der Waals surface area contributed by atoms with E-state index in [-0.39, 0.29) is 24.4 Å². The number of methoxy groups -OCH3 is 1. The molecule has 0 radical (unpaired) electrons. The lowest BCUT2D eigenvalue weighted by Gasteiger charge is -2.06. The van der Waals surface area contributed by atoms with Gasteiger partial charge in [0.2, 0.25) is 0 Å². The molecule has 0 aliphatic carbocycles. The number of carbonyl (C=O) groups excluding carboxylic acids is 1. The summed E-state index contributed by atoms with van der Waals surface area (Å²) in [5.74, 6) is -1.18. The Morgan fingerprint density at radius 2 is 2.29 bits per heavy atom. The summed E-state index contributed by atoms with van der Waals surface area (Å²) in [5, 5.41) is 9.18. The topological polar surface area (TPSA) is 55.8 Å². The van der Waals surface area contributed by atoms with Crippen LogP contribution in [0.3, 0.4) is 0 Å². The molecule has 1 aromatic rings. The van der Waals surface area contributed by atoms with Gasteiger partial charge < -0.3 is 14.6 Å². The van der Waals surface area contributed by atoms with Crippen LogP contribution in [0.25, 0.3) is 0 Å².